The van der Waals surface area contributed by atoms with Crippen LogP contribution >= 0.6 is 0 Å². The number of rotatable bonds is 8. The molecule has 3 aliphatic rings. The first-order valence-corrected chi connectivity index (χ1v) is 13.2. The van der Waals surface area contributed by atoms with E-state index >= 15 is 0 Å². The molecule has 3 aromatic heterocycles. The standard InChI is InChI=1S/C27H31F2N7O2/c1-38-19-6-4-18(5-7-19)34-25(37)22-14-33-36-11-9-16(12-23(22)36)20-8-10-30-24-21(20)13-31-26(35-24)32-15-27(28,29)17-2-3-17/h8-9,11-14,17-19H,2-7,10,15H2,1H3,(H,34,37)(H2,30,31,32,35). The number of halogens is 2. The van der Waals surface area contributed by atoms with Crippen molar-refractivity contribution >= 4 is 28.8 Å². The maximum absolute atomic E-state index is 14.1. The fraction of sp³-hybridized carbons (Fsp3) is 0.481. The van der Waals surface area contributed by atoms with Crippen LogP contribution in [0.2, 0.25) is 0 Å². The third-order valence-corrected chi connectivity index (χ3v) is 7.73. The molecule has 2 aliphatic carbocycles. The van der Waals surface area contributed by atoms with Crippen molar-refractivity contribution in [1.82, 2.24) is 24.9 Å². The van der Waals surface area contributed by atoms with E-state index in [-0.39, 0.29) is 24.0 Å². The molecule has 0 aromatic carbocycles. The number of nitrogens with one attached hydrogen (secondary N) is 3. The number of hydrogen-bond acceptors (Lipinski definition) is 7. The van der Waals surface area contributed by atoms with Crippen LogP contribution in [0.25, 0.3) is 11.1 Å². The van der Waals surface area contributed by atoms with Gasteiger partial charge < -0.3 is 20.7 Å². The third kappa shape index (κ3) is 4.94. The molecule has 0 bridgehead atoms. The van der Waals surface area contributed by atoms with Gasteiger partial charge in [-0.15, -0.1) is 0 Å². The van der Waals surface area contributed by atoms with Gasteiger partial charge in [-0.05, 0) is 61.8 Å². The average molecular weight is 524 g/mol. The molecule has 0 radical (unpaired) electrons. The van der Waals surface area contributed by atoms with E-state index in [1.54, 1.807) is 24.0 Å². The Morgan fingerprint density at radius 1 is 1.21 bits per heavy atom. The van der Waals surface area contributed by atoms with Crippen molar-refractivity contribution in [2.75, 3.05) is 30.8 Å². The van der Waals surface area contributed by atoms with Gasteiger partial charge >= 0.3 is 0 Å². The average Bonchev–Trinajstić information content (AvgIpc) is 3.72. The Labute approximate surface area is 219 Å². The van der Waals surface area contributed by atoms with Crippen LogP contribution in [0.3, 0.4) is 0 Å². The van der Waals surface area contributed by atoms with Crippen LogP contribution in [-0.4, -0.2) is 63.8 Å². The lowest BCUT2D eigenvalue weighted by Crippen LogP contribution is -2.38. The number of methoxy groups -OCH3 is 1. The fourth-order valence-electron chi connectivity index (χ4n) is 5.31. The predicted octanol–water partition coefficient (Wildman–Crippen LogP) is 4.13. The molecule has 0 saturated heterocycles. The van der Waals surface area contributed by atoms with Crippen molar-refractivity contribution in [1.29, 1.82) is 0 Å². The van der Waals surface area contributed by atoms with E-state index < -0.39 is 18.4 Å². The number of nitrogens with zero attached hydrogens (tertiary/aromatic N) is 4. The smallest absolute Gasteiger partial charge is 0.267 e. The van der Waals surface area contributed by atoms with Gasteiger partial charge in [0, 0.05) is 43.6 Å². The molecule has 0 atom stereocenters. The first-order chi connectivity index (χ1) is 18.4. The minimum Gasteiger partial charge on any atom is -0.381 e. The molecule has 6 rings (SSSR count). The molecule has 200 valence electrons. The second-order valence-corrected chi connectivity index (χ2v) is 10.3. The Hall–Kier alpha value is -3.60. The first-order valence-electron chi connectivity index (χ1n) is 13.2. The van der Waals surface area contributed by atoms with Crippen LogP contribution in [0.1, 0.15) is 60.0 Å². The Bertz CT molecular complexity index is 1380. The monoisotopic (exact) mass is 523 g/mol. The second kappa shape index (κ2) is 9.94. The number of ether oxygens (including phenoxy) is 1. The van der Waals surface area contributed by atoms with Gasteiger partial charge in [0.1, 0.15) is 5.82 Å². The second-order valence-electron chi connectivity index (χ2n) is 10.3. The molecule has 11 heteroatoms. The number of alkyl halides is 2. The summed E-state index contributed by atoms with van der Waals surface area (Å²) in [4.78, 5) is 21.9. The number of aromatic nitrogens is 4. The lowest BCUT2D eigenvalue weighted by Gasteiger charge is -2.28. The van der Waals surface area contributed by atoms with Crippen LogP contribution in [0.5, 0.6) is 0 Å². The molecule has 0 unspecified atom stereocenters. The van der Waals surface area contributed by atoms with Gasteiger partial charge in [0.2, 0.25) is 5.95 Å². The maximum Gasteiger partial charge on any atom is 0.267 e. The fourth-order valence-corrected chi connectivity index (χ4v) is 5.31. The Morgan fingerprint density at radius 2 is 2.03 bits per heavy atom. The summed E-state index contributed by atoms with van der Waals surface area (Å²) < 4.78 is 35.3. The summed E-state index contributed by atoms with van der Waals surface area (Å²) in [5, 5.41) is 13.4. The molecule has 9 nitrogen and oxygen atoms in total. The molecule has 2 saturated carbocycles. The minimum absolute atomic E-state index is 0.121. The van der Waals surface area contributed by atoms with E-state index in [1.165, 1.54) is 0 Å². The van der Waals surface area contributed by atoms with Gasteiger partial charge in [-0.3, -0.25) is 4.79 Å². The summed E-state index contributed by atoms with van der Waals surface area (Å²) in [6, 6.07) is 3.99. The number of carbonyl (C=O) groups excluding carboxylic acids is 1. The SMILES string of the molecule is COC1CCC(NC(=O)c2cnn3ccc(C4=CCNc5nc(NCC(F)(F)C6CC6)ncc54)cc23)CC1. The topological polar surface area (TPSA) is 105 Å². The van der Waals surface area contributed by atoms with E-state index in [1.807, 2.05) is 24.4 Å². The van der Waals surface area contributed by atoms with Gasteiger partial charge in [-0.1, -0.05) is 6.08 Å². The highest BCUT2D eigenvalue weighted by molar-refractivity contribution is 6.01. The zero-order chi connectivity index (χ0) is 26.3. The lowest BCUT2D eigenvalue weighted by atomic mass is 9.93. The van der Waals surface area contributed by atoms with Gasteiger partial charge in [-0.25, -0.2) is 18.3 Å². The zero-order valence-corrected chi connectivity index (χ0v) is 21.2. The zero-order valence-electron chi connectivity index (χ0n) is 21.2. The van der Waals surface area contributed by atoms with Gasteiger partial charge in [-0.2, -0.15) is 10.1 Å². The quantitative estimate of drug-likeness (QED) is 0.408. The van der Waals surface area contributed by atoms with Crippen molar-refractivity contribution < 1.29 is 18.3 Å². The van der Waals surface area contributed by atoms with Crippen molar-refractivity contribution in [3.8, 4) is 0 Å². The molecule has 0 spiro atoms. The number of hydrogen-bond donors (Lipinski definition) is 3. The van der Waals surface area contributed by atoms with Crippen LogP contribution in [0.15, 0.2) is 36.8 Å². The molecular formula is C27H31F2N7O2. The van der Waals surface area contributed by atoms with Gasteiger partial charge in [0.05, 0.1) is 29.9 Å². The normalized spacial score (nSPS) is 21.4. The molecule has 1 aliphatic heterocycles. The maximum atomic E-state index is 14.1. The van der Waals surface area contributed by atoms with Gasteiger partial charge in [0.15, 0.2) is 0 Å². The Balaban J connectivity index is 1.20. The predicted molar refractivity (Wildman–Crippen MR) is 139 cm³/mol. The van der Waals surface area contributed by atoms with Crippen molar-refractivity contribution in [3.05, 3.63) is 53.5 Å². The lowest BCUT2D eigenvalue weighted by molar-refractivity contribution is -0.00832. The Kier molecular flexibility index (Phi) is 6.46. The molecule has 38 heavy (non-hydrogen) atoms. The largest absolute Gasteiger partial charge is 0.381 e. The number of amides is 1. The summed E-state index contributed by atoms with van der Waals surface area (Å²) >= 11 is 0. The van der Waals surface area contributed by atoms with E-state index in [0.29, 0.717) is 36.3 Å². The molecule has 2 fully saturated rings. The highest BCUT2D eigenvalue weighted by Gasteiger charge is 2.46. The highest BCUT2D eigenvalue weighted by atomic mass is 19.3. The summed E-state index contributed by atoms with van der Waals surface area (Å²) in [6.07, 6.45) is 12.1. The molecular weight excluding hydrogens is 492 g/mol. The summed E-state index contributed by atoms with van der Waals surface area (Å²) in [7, 11) is 1.73. The van der Waals surface area contributed by atoms with E-state index in [0.717, 1.165) is 42.4 Å². The van der Waals surface area contributed by atoms with Crippen molar-refractivity contribution in [3.63, 3.8) is 0 Å². The van der Waals surface area contributed by atoms with Crippen LogP contribution in [0, 0.1) is 5.92 Å². The number of fused-ring (bicyclic) bond motifs is 2. The number of pyridine rings is 1. The molecule has 3 aromatic rings. The van der Waals surface area contributed by atoms with Gasteiger partial charge in [0.25, 0.3) is 11.8 Å². The van der Waals surface area contributed by atoms with E-state index in [9.17, 15) is 13.6 Å². The summed E-state index contributed by atoms with van der Waals surface area (Å²) in [5.41, 5.74) is 3.78. The number of anilines is 2. The number of carbonyl (C=O) groups is 1. The van der Waals surface area contributed by atoms with Crippen LogP contribution < -0.4 is 16.0 Å². The third-order valence-electron chi connectivity index (χ3n) is 7.73. The van der Waals surface area contributed by atoms with E-state index in [4.69, 9.17) is 4.74 Å². The molecule has 1 amide bonds. The van der Waals surface area contributed by atoms with Crippen molar-refractivity contribution in [2.45, 2.75) is 56.6 Å². The minimum atomic E-state index is -2.76. The summed E-state index contributed by atoms with van der Waals surface area (Å²) in [5.74, 6) is -2.70. The molecule has 4 heterocycles. The van der Waals surface area contributed by atoms with Crippen LogP contribution in [-0.2, 0) is 4.74 Å². The molecule has 3 N–H and O–H groups in total. The highest BCUT2D eigenvalue weighted by Crippen LogP contribution is 2.43. The van der Waals surface area contributed by atoms with Crippen molar-refractivity contribution in [2.24, 2.45) is 5.92 Å². The first kappa shape index (κ1) is 24.7. The van der Waals surface area contributed by atoms with E-state index in [2.05, 4.69) is 31.0 Å². The summed E-state index contributed by atoms with van der Waals surface area (Å²) in [6.45, 7) is 0.0502. The Morgan fingerprint density at radius 3 is 2.79 bits per heavy atom. The van der Waals surface area contributed by atoms with Crippen LogP contribution in [0.4, 0.5) is 20.5 Å².